The van der Waals surface area contributed by atoms with E-state index in [2.05, 4.69) is 0 Å². The van der Waals surface area contributed by atoms with Crippen LogP contribution in [0.5, 0.6) is 11.5 Å². The minimum Gasteiger partial charge on any atom is -0.496 e. The van der Waals surface area contributed by atoms with E-state index >= 15 is 4.39 Å². The molecule has 9 heteroatoms. The fourth-order valence-corrected chi connectivity index (χ4v) is 3.80. The maximum Gasteiger partial charge on any atom is 0.129 e. The minimum absolute atomic E-state index is 0. The molecule has 0 unspecified atom stereocenters. The predicted molar refractivity (Wildman–Crippen MR) is 144 cm³/mol. The number of nitrogen functional groups attached to an aromatic ring is 2. The van der Waals surface area contributed by atoms with Crippen LogP contribution >= 0.6 is 24.8 Å². The SMILES string of the molecule is COc1cc(C(=N)N)ccc1CCc1cccc(CCc2ccc(C(=N)N)cc2OC)c1F.Cl.Cl. The molecule has 35 heavy (non-hydrogen) atoms. The summed E-state index contributed by atoms with van der Waals surface area (Å²) in [4.78, 5) is 0. The van der Waals surface area contributed by atoms with Crippen LogP contribution in [-0.2, 0) is 25.7 Å². The maximum atomic E-state index is 15.2. The molecule has 3 aromatic rings. The van der Waals surface area contributed by atoms with E-state index in [1.54, 1.807) is 50.6 Å². The van der Waals surface area contributed by atoms with E-state index in [-0.39, 0.29) is 42.3 Å². The molecule has 0 saturated heterocycles. The van der Waals surface area contributed by atoms with Gasteiger partial charge in [-0.1, -0.05) is 42.5 Å². The molecular formula is C26H31Cl2FN4O2. The van der Waals surface area contributed by atoms with Gasteiger partial charge in [-0.05, 0) is 60.1 Å². The van der Waals surface area contributed by atoms with Crippen molar-refractivity contribution in [3.8, 4) is 11.5 Å². The van der Waals surface area contributed by atoms with Crippen LogP contribution in [-0.4, -0.2) is 25.9 Å². The van der Waals surface area contributed by atoms with Crippen molar-refractivity contribution < 1.29 is 13.9 Å². The summed E-state index contributed by atoms with van der Waals surface area (Å²) in [5.74, 6) is 1.04. The van der Waals surface area contributed by atoms with E-state index in [1.165, 1.54) is 0 Å². The monoisotopic (exact) mass is 520 g/mol. The van der Waals surface area contributed by atoms with Gasteiger partial charge < -0.3 is 20.9 Å². The second-order valence-electron chi connectivity index (χ2n) is 7.77. The van der Waals surface area contributed by atoms with Gasteiger partial charge >= 0.3 is 0 Å². The highest BCUT2D eigenvalue weighted by Crippen LogP contribution is 2.25. The number of nitrogens with one attached hydrogen (secondary N) is 2. The molecule has 6 nitrogen and oxygen atoms in total. The van der Waals surface area contributed by atoms with E-state index in [4.69, 9.17) is 31.8 Å². The van der Waals surface area contributed by atoms with Crippen molar-refractivity contribution in [2.75, 3.05) is 14.2 Å². The van der Waals surface area contributed by atoms with Crippen LogP contribution in [0.25, 0.3) is 0 Å². The topological polar surface area (TPSA) is 118 Å². The number of hydrogen-bond donors (Lipinski definition) is 4. The normalized spacial score (nSPS) is 10.0. The van der Waals surface area contributed by atoms with Crippen LogP contribution in [0, 0.1) is 16.6 Å². The van der Waals surface area contributed by atoms with Crippen LogP contribution in [0.2, 0.25) is 0 Å². The second kappa shape index (κ2) is 13.6. The molecule has 0 fully saturated rings. The fraction of sp³-hybridized carbons (Fsp3) is 0.231. The zero-order chi connectivity index (χ0) is 24.0. The first-order chi connectivity index (χ1) is 15.8. The molecule has 0 aliphatic carbocycles. The Labute approximate surface area is 217 Å². The smallest absolute Gasteiger partial charge is 0.129 e. The molecule has 6 N–H and O–H groups in total. The fourth-order valence-electron chi connectivity index (χ4n) is 3.80. The van der Waals surface area contributed by atoms with Crippen LogP contribution < -0.4 is 20.9 Å². The van der Waals surface area contributed by atoms with Crippen LogP contribution in [0.3, 0.4) is 0 Å². The molecule has 0 aliphatic rings. The number of ether oxygens (including phenoxy) is 2. The average Bonchev–Trinajstić information content (AvgIpc) is 2.82. The van der Waals surface area contributed by atoms with E-state index in [1.807, 2.05) is 18.2 Å². The quantitative estimate of drug-likeness (QED) is 0.226. The van der Waals surface area contributed by atoms with Gasteiger partial charge in [-0.15, -0.1) is 24.8 Å². The third kappa shape index (κ3) is 7.34. The van der Waals surface area contributed by atoms with Crippen molar-refractivity contribution in [3.05, 3.63) is 93.8 Å². The predicted octanol–water partition coefficient (Wildman–Crippen LogP) is 4.83. The average molecular weight is 521 g/mol. The molecule has 0 amide bonds. The summed E-state index contributed by atoms with van der Waals surface area (Å²) in [6.07, 6.45) is 2.24. The Bertz CT molecular complexity index is 1100. The molecule has 0 aromatic heterocycles. The van der Waals surface area contributed by atoms with Gasteiger partial charge in [-0.25, -0.2) is 4.39 Å². The van der Waals surface area contributed by atoms with Crippen LogP contribution in [0.15, 0.2) is 54.6 Å². The van der Waals surface area contributed by atoms with Gasteiger partial charge in [0.15, 0.2) is 0 Å². The van der Waals surface area contributed by atoms with E-state index in [0.29, 0.717) is 59.4 Å². The van der Waals surface area contributed by atoms with Crippen LogP contribution in [0.4, 0.5) is 4.39 Å². The first-order valence-electron chi connectivity index (χ1n) is 10.6. The van der Waals surface area contributed by atoms with Gasteiger partial charge in [-0.3, -0.25) is 10.8 Å². The Morgan fingerprint density at radius 1 is 0.686 bits per heavy atom. The summed E-state index contributed by atoms with van der Waals surface area (Å²) in [7, 11) is 3.14. The molecule has 3 rings (SSSR count). The Hall–Kier alpha value is -3.29. The van der Waals surface area contributed by atoms with E-state index < -0.39 is 0 Å². The number of amidine groups is 2. The van der Waals surface area contributed by atoms with Gasteiger partial charge in [0, 0.05) is 11.1 Å². The number of nitrogens with two attached hydrogens (primary N) is 2. The van der Waals surface area contributed by atoms with Crippen molar-refractivity contribution >= 4 is 36.5 Å². The van der Waals surface area contributed by atoms with Crippen LogP contribution in [0.1, 0.15) is 33.4 Å². The second-order valence-corrected chi connectivity index (χ2v) is 7.77. The summed E-state index contributed by atoms with van der Waals surface area (Å²) in [6.45, 7) is 0. The Balaban J connectivity index is 0.00000306. The molecule has 0 saturated carbocycles. The molecule has 0 heterocycles. The molecule has 0 aliphatic heterocycles. The largest absolute Gasteiger partial charge is 0.496 e. The summed E-state index contributed by atoms with van der Waals surface area (Å²) in [6, 6.07) is 16.2. The van der Waals surface area contributed by atoms with Crippen molar-refractivity contribution in [1.29, 1.82) is 10.8 Å². The van der Waals surface area contributed by atoms with Crippen molar-refractivity contribution in [2.24, 2.45) is 11.5 Å². The van der Waals surface area contributed by atoms with E-state index in [9.17, 15) is 0 Å². The Morgan fingerprint density at radius 2 is 1.06 bits per heavy atom. The highest BCUT2D eigenvalue weighted by molar-refractivity contribution is 5.95. The lowest BCUT2D eigenvalue weighted by atomic mass is 9.97. The maximum absolute atomic E-state index is 15.2. The zero-order valence-electron chi connectivity index (χ0n) is 19.7. The standard InChI is InChI=1S/C26H29FN4O2.2ClH/c1-32-22-14-20(25(28)29)12-8-16(22)6-10-18-4-3-5-19(24(18)27)11-7-17-9-13-21(26(30)31)15-23(17)33-2;;/h3-5,8-9,12-15H,6-7,10-11H2,1-2H3,(H3,28,29)(H3,30,31);2*1H. The first-order valence-corrected chi connectivity index (χ1v) is 10.6. The van der Waals surface area contributed by atoms with Gasteiger partial charge in [-0.2, -0.15) is 0 Å². The number of methoxy groups -OCH3 is 2. The molecule has 0 spiro atoms. The lowest BCUT2D eigenvalue weighted by molar-refractivity contribution is 0.409. The Kier molecular flexibility index (Phi) is 11.5. The van der Waals surface area contributed by atoms with Crippen molar-refractivity contribution in [2.45, 2.75) is 25.7 Å². The molecule has 188 valence electrons. The van der Waals surface area contributed by atoms with E-state index in [0.717, 1.165) is 11.1 Å². The molecule has 0 bridgehead atoms. The third-order valence-electron chi connectivity index (χ3n) is 5.68. The van der Waals surface area contributed by atoms with Crippen molar-refractivity contribution in [1.82, 2.24) is 0 Å². The number of rotatable bonds is 10. The van der Waals surface area contributed by atoms with Gasteiger partial charge in [0.25, 0.3) is 0 Å². The lowest BCUT2D eigenvalue weighted by Crippen LogP contribution is -2.11. The lowest BCUT2D eigenvalue weighted by Gasteiger charge is -2.13. The van der Waals surface area contributed by atoms with Gasteiger partial charge in [0.2, 0.25) is 0 Å². The summed E-state index contributed by atoms with van der Waals surface area (Å²) < 4.78 is 26.1. The number of aryl methyl sites for hydroxylation is 4. The molecule has 0 atom stereocenters. The highest BCUT2D eigenvalue weighted by Gasteiger charge is 2.13. The number of halogens is 3. The highest BCUT2D eigenvalue weighted by atomic mass is 35.5. The minimum atomic E-state index is -0.198. The van der Waals surface area contributed by atoms with Crippen molar-refractivity contribution in [3.63, 3.8) is 0 Å². The molecular weight excluding hydrogens is 490 g/mol. The number of hydrogen-bond acceptors (Lipinski definition) is 4. The summed E-state index contributed by atoms with van der Waals surface area (Å²) in [5, 5.41) is 15.1. The summed E-state index contributed by atoms with van der Waals surface area (Å²) >= 11 is 0. The molecule has 3 aromatic carbocycles. The van der Waals surface area contributed by atoms with Gasteiger partial charge in [0.1, 0.15) is 29.0 Å². The molecule has 0 radical (unpaired) electrons. The number of benzene rings is 3. The summed E-state index contributed by atoms with van der Waals surface area (Å²) in [5.41, 5.74) is 15.4. The van der Waals surface area contributed by atoms with Gasteiger partial charge in [0.05, 0.1) is 14.2 Å². The Morgan fingerprint density at radius 3 is 1.40 bits per heavy atom. The first kappa shape index (κ1) is 29.7. The zero-order valence-corrected chi connectivity index (χ0v) is 21.3. The third-order valence-corrected chi connectivity index (χ3v) is 5.68.